The summed E-state index contributed by atoms with van der Waals surface area (Å²) < 4.78 is 5.72. The number of aromatic nitrogens is 1. The number of halogens is 1. The van der Waals surface area contributed by atoms with Crippen LogP contribution in [0.1, 0.15) is 24.0 Å². The fraction of sp³-hybridized carbons (Fsp3) is 0.235. The molecule has 0 saturated heterocycles. The van der Waals surface area contributed by atoms with Crippen LogP contribution in [0.4, 0.5) is 5.82 Å². The zero-order chi connectivity index (χ0) is 17.7. The highest BCUT2D eigenvalue weighted by atomic mass is 35.5. The summed E-state index contributed by atoms with van der Waals surface area (Å²) in [4.78, 5) is 26.0. The standard InChI is InChI=1S/C17H17ClN2O4/c1-10-7-13(8-11(2)17(10)18)24-12-3-4-14(19-9-12)20-15(21)5-6-16(22)23/h3-4,7-9H,5-6H2,1-2H3,(H,22,23)(H,19,20,21). The molecule has 0 aliphatic heterocycles. The highest BCUT2D eigenvalue weighted by molar-refractivity contribution is 6.32. The monoisotopic (exact) mass is 348 g/mol. The fourth-order valence-electron chi connectivity index (χ4n) is 2.04. The lowest BCUT2D eigenvalue weighted by molar-refractivity contribution is -0.138. The number of hydrogen-bond donors (Lipinski definition) is 2. The Balaban J connectivity index is 1.99. The number of carboxylic acid groups (broad SMARTS) is 1. The summed E-state index contributed by atoms with van der Waals surface area (Å²) in [6.07, 6.45) is 1.16. The van der Waals surface area contributed by atoms with Crippen LogP contribution in [0.5, 0.6) is 11.5 Å². The van der Waals surface area contributed by atoms with E-state index in [-0.39, 0.29) is 12.8 Å². The molecule has 1 heterocycles. The molecular weight excluding hydrogens is 332 g/mol. The molecule has 0 fully saturated rings. The lowest BCUT2D eigenvalue weighted by atomic mass is 10.1. The van der Waals surface area contributed by atoms with E-state index in [0.717, 1.165) is 11.1 Å². The van der Waals surface area contributed by atoms with Gasteiger partial charge in [0.05, 0.1) is 12.6 Å². The Bertz CT molecular complexity index is 737. The number of aliphatic carboxylic acids is 1. The Labute approximate surface area is 144 Å². The number of carboxylic acids is 1. The van der Waals surface area contributed by atoms with Crippen molar-refractivity contribution in [1.82, 2.24) is 4.98 Å². The lowest BCUT2D eigenvalue weighted by Gasteiger charge is -2.10. The van der Waals surface area contributed by atoms with E-state index < -0.39 is 11.9 Å². The third kappa shape index (κ3) is 4.96. The van der Waals surface area contributed by atoms with Crippen molar-refractivity contribution in [3.05, 3.63) is 46.6 Å². The van der Waals surface area contributed by atoms with Gasteiger partial charge in [-0.05, 0) is 49.2 Å². The van der Waals surface area contributed by atoms with Crippen LogP contribution in [0, 0.1) is 13.8 Å². The average molecular weight is 349 g/mol. The molecule has 0 spiro atoms. The third-order valence-corrected chi connectivity index (χ3v) is 3.81. The number of carbonyl (C=O) groups is 2. The minimum atomic E-state index is -1.02. The van der Waals surface area contributed by atoms with Crippen molar-refractivity contribution in [2.75, 3.05) is 5.32 Å². The zero-order valence-corrected chi connectivity index (χ0v) is 14.1. The van der Waals surface area contributed by atoms with E-state index in [1.165, 1.54) is 6.20 Å². The van der Waals surface area contributed by atoms with Crippen LogP contribution in [0.25, 0.3) is 0 Å². The average Bonchev–Trinajstić information content (AvgIpc) is 2.52. The molecule has 6 nitrogen and oxygen atoms in total. The maximum absolute atomic E-state index is 11.5. The Morgan fingerprint density at radius 2 is 1.83 bits per heavy atom. The van der Waals surface area contributed by atoms with E-state index in [4.69, 9.17) is 21.4 Å². The molecular formula is C17H17ClN2O4. The van der Waals surface area contributed by atoms with Crippen LogP contribution in [0.15, 0.2) is 30.5 Å². The number of ether oxygens (including phenoxy) is 1. The van der Waals surface area contributed by atoms with Crippen molar-refractivity contribution in [2.24, 2.45) is 0 Å². The predicted octanol–water partition coefficient (Wildman–Crippen LogP) is 3.95. The van der Waals surface area contributed by atoms with Crippen molar-refractivity contribution >= 4 is 29.3 Å². The van der Waals surface area contributed by atoms with Crippen molar-refractivity contribution in [1.29, 1.82) is 0 Å². The molecule has 7 heteroatoms. The molecule has 1 amide bonds. The Morgan fingerprint density at radius 1 is 1.17 bits per heavy atom. The molecule has 126 valence electrons. The van der Waals surface area contributed by atoms with Gasteiger partial charge in [0.2, 0.25) is 5.91 Å². The van der Waals surface area contributed by atoms with Crippen molar-refractivity contribution in [3.8, 4) is 11.5 Å². The van der Waals surface area contributed by atoms with Gasteiger partial charge in [0.25, 0.3) is 0 Å². The molecule has 2 rings (SSSR count). The van der Waals surface area contributed by atoms with Crippen molar-refractivity contribution < 1.29 is 19.4 Å². The molecule has 2 aromatic rings. The number of benzene rings is 1. The number of nitrogens with one attached hydrogen (secondary N) is 1. The topological polar surface area (TPSA) is 88.5 Å². The third-order valence-electron chi connectivity index (χ3n) is 3.22. The first-order valence-electron chi connectivity index (χ1n) is 7.27. The van der Waals surface area contributed by atoms with Gasteiger partial charge in [0.15, 0.2) is 0 Å². The molecule has 0 radical (unpaired) electrons. The van der Waals surface area contributed by atoms with Crippen LogP contribution in [0.3, 0.4) is 0 Å². The summed E-state index contributed by atoms with van der Waals surface area (Å²) in [5, 5.41) is 11.8. The quantitative estimate of drug-likeness (QED) is 0.825. The maximum Gasteiger partial charge on any atom is 0.303 e. The highest BCUT2D eigenvalue weighted by Crippen LogP contribution is 2.29. The normalized spacial score (nSPS) is 10.3. The molecule has 0 aliphatic rings. The van der Waals surface area contributed by atoms with Gasteiger partial charge >= 0.3 is 5.97 Å². The minimum absolute atomic E-state index is 0.0986. The van der Waals surface area contributed by atoms with E-state index in [2.05, 4.69) is 10.3 Å². The SMILES string of the molecule is Cc1cc(Oc2ccc(NC(=O)CCC(=O)O)nc2)cc(C)c1Cl. The molecule has 1 aromatic heterocycles. The summed E-state index contributed by atoms with van der Waals surface area (Å²) >= 11 is 6.12. The van der Waals surface area contributed by atoms with Crippen LogP contribution >= 0.6 is 11.6 Å². The van der Waals surface area contributed by atoms with E-state index in [1.807, 2.05) is 26.0 Å². The number of rotatable bonds is 6. The first kappa shape index (κ1) is 17.7. The molecule has 0 atom stereocenters. The van der Waals surface area contributed by atoms with Gasteiger partial charge in [0, 0.05) is 11.4 Å². The number of hydrogen-bond acceptors (Lipinski definition) is 4. The first-order chi connectivity index (χ1) is 11.3. The second-order valence-electron chi connectivity index (χ2n) is 5.29. The van der Waals surface area contributed by atoms with Gasteiger partial charge in [-0.25, -0.2) is 4.98 Å². The largest absolute Gasteiger partial charge is 0.481 e. The van der Waals surface area contributed by atoms with E-state index in [9.17, 15) is 9.59 Å². The number of anilines is 1. The molecule has 0 saturated carbocycles. The second kappa shape index (κ2) is 7.79. The fourth-order valence-corrected chi connectivity index (χ4v) is 2.15. The number of carbonyl (C=O) groups excluding carboxylic acids is 1. The van der Waals surface area contributed by atoms with E-state index in [0.29, 0.717) is 22.3 Å². The minimum Gasteiger partial charge on any atom is -0.481 e. The van der Waals surface area contributed by atoms with Crippen LogP contribution in [-0.4, -0.2) is 22.0 Å². The Morgan fingerprint density at radius 3 is 2.38 bits per heavy atom. The second-order valence-corrected chi connectivity index (χ2v) is 5.67. The predicted molar refractivity (Wildman–Crippen MR) is 90.7 cm³/mol. The Hall–Kier alpha value is -2.60. The van der Waals surface area contributed by atoms with Crippen LogP contribution < -0.4 is 10.1 Å². The maximum atomic E-state index is 11.5. The molecule has 0 unspecified atom stereocenters. The number of aryl methyl sites for hydroxylation is 2. The number of pyridine rings is 1. The molecule has 2 N–H and O–H groups in total. The molecule has 0 bridgehead atoms. The van der Waals surface area contributed by atoms with Gasteiger partial charge in [-0.1, -0.05) is 11.6 Å². The van der Waals surface area contributed by atoms with Crippen molar-refractivity contribution in [2.45, 2.75) is 26.7 Å². The smallest absolute Gasteiger partial charge is 0.303 e. The first-order valence-corrected chi connectivity index (χ1v) is 7.65. The van der Waals surface area contributed by atoms with Gasteiger partial charge in [-0.2, -0.15) is 0 Å². The molecule has 1 aromatic carbocycles. The molecule has 24 heavy (non-hydrogen) atoms. The van der Waals surface area contributed by atoms with Gasteiger partial charge in [-0.15, -0.1) is 0 Å². The molecule has 0 aliphatic carbocycles. The van der Waals surface area contributed by atoms with Crippen LogP contribution in [-0.2, 0) is 9.59 Å². The lowest BCUT2D eigenvalue weighted by Crippen LogP contribution is -2.13. The van der Waals surface area contributed by atoms with Gasteiger partial charge < -0.3 is 15.2 Å². The zero-order valence-electron chi connectivity index (χ0n) is 13.3. The Kier molecular flexibility index (Phi) is 5.76. The summed E-state index contributed by atoms with van der Waals surface area (Å²) in [5.41, 5.74) is 1.84. The van der Waals surface area contributed by atoms with Crippen molar-refractivity contribution in [3.63, 3.8) is 0 Å². The summed E-state index contributed by atoms with van der Waals surface area (Å²) in [6.45, 7) is 3.80. The van der Waals surface area contributed by atoms with Gasteiger partial charge in [-0.3, -0.25) is 9.59 Å². The summed E-state index contributed by atoms with van der Waals surface area (Å²) in [7, 11) is 0. The number of amides is 1. The number of nitrogens with zero attached hydrogens (tertiary/aromatic N) is 1. The summed E-state index contributed by atoms with van der Waals surface area (Å²) in [6, 6.07) is 6.91. The summed E-state index contributed by atoms with van der Waals surface area (Å²) in [5.74, 6) is 0.0771. The van der Waals surface area contributed by atoms with Gasteiger partial charge in [0.1, 0.15) is 17.3 Å². The van der Waals surface area contributed by atoms with E-state index in [1.54, 1.807) is 12.1 Å². The van der Waals surface area contributed by atoms with E-state index >= 15 is 0 Å². The van der Waals surface area contributed by atoms with Crippen LogP contribution in [0.2, 0.25) is 5.02 Å². The highest BCUT2D eigenvalue weighted by Gasteiger charge is 2.08.